The summed E-state index contributed by atoms with van der Waals surface area (Å²) in [6.45, 7) is 2.69. The minimum absolute atomic E-state index is 0.0318. The molecule has 1 saturated heterocycles. The van der Waals surface area contributed by atoms with Crippen LogP contribution in [0, 0.1) is 5.92 Å². The van der Waals surface area contributed by atoms with Crippen LogP contribution in [0.4, 0.5) is 0 Å². The van der Waals surface area contributed by atoms with Crippen molar-refractivity contribution in [1.29, 1.82) is 0 Å². The van der Waals surface area contributed by atoms with Gasteiger partial charge in [-0.3, -0.25) is 4.79 Å². The van der Waals surface area contributed by atoms with Gasteiger partial charge in [0.15, 0.2) is 0 Å². The molecule has 0 radical (unpaired) electrons. The quantitative estimate of drug-likeness (QED) is 0.832. The molecular formula is C16H20N2O. The second-order valence-corrected chi connectivity index (χ2v) is 6.21. The minimum atomic E-state index is 0.0318. The van der Waals surface area contributed by atoms with Gasteiger partial charge in [-0.15, -0.1) is 0 Å². The van der Waals surface area contributed by atoms with E-state index >= 15 is 0 Å². The van der Waals surface area contributed by atoms with Gasteiger partial charge in [0.25, 0.3) is 0 Å². The number of piperidine rings is 1. The van der Waals surface area contributed by atoms with Gasteiger partial charge >= 0.3 is 0 Å². The summed E-state index contributed by atoms with van der Waals surface area (Å²) < 4.78 is 0. The van der Waals surface area contributed by atoms with Crippen LogP contribution in [0.3, 0.4) is 0 Å². The summed E-state index contributed by atoms with van der Waals surface area (Å²) in [4.78, 5) is 15.0. The highest BCUT2D eigenvalue weighted by atomic mass is 16.2. The van der Waals surface area contributed by atoms with Crippen molar-refractivity contribution in [3.8, 4) is 0 Å². The van der Waals surface area contributed by atoms with Gasteiger partial charge in [0, 0.05) is 25.7 Å². The molecular weight excluding hydrogens is 236 g/mol. The van der Waals surface area contributed by atoms with E-state index in [1.807, 2.05) is 0 Å². The number of nitrogens with zero attached hydrogens (tertiary/aromatic N) is 1. The Kier molecular flexibility index (Phi) is 2.62. The lowest BCUT2D eigenvalue weighted by Gasteiger charge is -2.33. The summed E-state index contributed by atoms with van der Waals surface area (Å²) in [7, 11) is 0. The van der Waals surface area contributed by atoms with Gasteiger partial charge in [-0.05, 0) is 36.3 Å². The number of hydrogen-bond acceptors (Lipinski definition) is 2. The number of likely N-dealkylation sites (tertiary alicyclic amines) is 1. The van der Waals surface area contributed by atoms with Gasteiger partial charge in [0.1, 0.15) is 0 Å². The smallest absolute Gasteiger partial charge is 0.231 e. The fourth-order valence-corrected chi connectivity index (χ4v) is 4.11. The first-order valence-corrected chi connectivity index (χ1v) is 7.42. The third kappa shape index (κ3) is 1.79. The lowest BCUT2D eigenvalue weighted by molar-refractivity contribution is -0.134. The monoisotopic (exact) mass is 256 g/mol. The zero-order valence-electron chi connectivity index (χ0n) is 11.1. The summed E-state index contributed by atoms with van der Waals surface area (Å²) in [6.07, 6.45) is 3.79. The number of nitrogens with one attached hydrogen (secondary N) is 1. The number of amides is 1. The standard InChI is InChI=1S/C16H20N2O/c19-16(18-10-11-5-6-13(18)7-11)15-9-17-8-12-3-1-2-4-14(12)15/h1-4,11,13,15,17H,5-10H2. The van der Waals surface area contributed by atoms with Crippen molar-refractivity contribution in [2.75, 3.05) is 13.1 Å². The highest BCUT2D eigenvalue weighted by molar-refractivity contribution is 5.85. The number of carbonyl (C=O) groups is 1. The molecule has 1 aromatic carbocycles. The maximum atomic E-state index is 12.8. The maximum absolute atomic E-state index is 12.8. The summed E-state index contributed by atoms with van der Waals surface area (Å²) in [6, 6.07) is 8.92. The first-order valence-electron chi connectivity index (χ1n) is 7.42. The highest BCUT2D eigenvalue weighted by Gasteiger charge is 2.42. The molecule has 2 aliphatic heterocycles. The Balaban J connectivity index is 1.61. The third-order valence-corrected chi connectivity index (χ3v) is 5.08. The third-order valence-electron chi connectivity index (χ3n) is 5.08. The van der Waals surface area contributed by atoms with Crippen LogP contribution in [-0.4, -0.2) is 29.9 Å². The van der Waals surface area contributed by atoms with Crippen molar-refractivity contribution in [3.63, 3.8) is 0 Å². The molecule has 2 bridgehead atoms. The molecule has 1 N–H and O–H groups in total. The Morgan fingerprint density at radius 2 is 2.16 bits per heavy atom. The number of fused-ring (bicyclic) bond motifs is 3. The van der Waals surface area contributed by atoms with E-state index < -0.39 is 0 Å². The van der Waals surface area contributed by atoms with Crippen molar-refractivity contribution in [1.82, 2.24) is 10.2 Å². The molecule has 1 amide bonds. The largest absolute Gasteiger partial charge is 0.339 e. The minimum Gasteiger partial charge on any atom is -0.339 e. The predicted molar refractivity (Wildman–Crippen MR) is 73.7 cm³/mol. The van der Waals surface area contributed by atoms with E-state index in [-0.39, 0.29) is 5.92 Å². The van der Waals surface area contributed by atoms with Crippen LogP contribution in [0.2, 0.25) is 0 Å². The fraction of sp³-hybridized carbons (Fsp3) is 0.562. The Morgan fingerprint density at radius 3 is 2.95 bits per heavy atom. The van der Waals surface area contributed by atoms with E-state index in [2.05, 4.69) is 34.5 Å². The molecule has 1 aromatic rings. The molecule has 3 unspecified atom stereocenters. The number of benzene rings is 1. The Hall–Kier alpha value is -1.35. The van der Waals surface area contributed by atoms with Crippen molar-refractivity contribution in [2.24, 2.45) is 5.92 Å². The van der Waals surface area contributed by atoms with Crippen LogP contribution in [0.15, 0.2) is 24.3 Å². The highest BCUT2D eigenvalue weighted by Crippen LogP contribution is 2.39. The van der Waals surface area contributed by atoms with Gasteiger partial charge in [0.05, 0.1) is 5.92 Å². The first-order chi connectivity index (χ1) is 9.33. The molecule has 2 heterocycles. The summed E-state index contributed by atoms with van der Waals surface area (Å²) >= 11 is 0. The van der Waals surface area contributed by atoms with Crippen LogP contribution in [0.1, 0.15) is 36.3 Å². The number of carbonyl (C=O) groups excluding carboxylic acids is 1. The molecule has 3 heteroatoms. The normalized spacial score (nSPS) is 32.4. The summed E-state index contributed by atoms with van der Waals surface area (Å²) in [5, 5.41) is 3.39. The average Bonchev–Trinajstić information content (AvgIpc) is 3.08. The SMILES string of the molecule is O=C(C1CNCc2ccccc21)N1CC2CCC1C2. The average molecular weight is 256 g/mol. The Morgan fingerprint density at radius 1 is 1.26 bits per heavy atom. The van der Waals surface area contributed by atoms with E-state index in [9.17, 15) is 4.79 Å². The predicted octanol–water partition coefficient (Wildman–Crippen LogP) is 1.88. The fourth-order valence-electron chi connectivity index (χ4n) is 4.11. The van der Waals surface area contributed by atoms with Gasteiger partial charge < -0.3 is 10.2 Å². The number of rotatable bonds is 1. The molecule has 3 atom stereocenters. The number of hydrogen-bond donors (Lipinski definition) is 1. The van der Waals surface area contributed by atoms with E-state index in [0.717, 1.165) is 25.6 Å². The summed E-state index contributed by atoms with van der Waals surface area (Å²) in [5.74, 6) is 1.16. The molecule has 0 aromatic heterocycles. The van der Waals surface area contributed by atoms with Gasteiger partial charge in [-0.2, -0.15) is 0 Å². The second-order valence-electron chi connectivity index (χ2n) is 6.21. The van der Waals surface area contributed by atoms with Crippen LogP contribution in [0.25, 0.3) is 0 Å². The van der Waals surface area contributed by atoms with E-state index in [4.69, 9.17) is 0 Å². The zero-order chi connectivity index (χ0) is 12.8. The van der Waals surface area contributed by atoms with Crippen LogP contribution < -0.4 is 5.32 Å². The van der Waals surface area contributed by atoms with E-state index in [1.165, 1.54) is 30.4 Å². The molecule has 0 spiro atoms. The van der Waals surface area contributed by atoms with Crippen molar-refractivity contribution in [2.45, 2.75) is 37.8 Å². The molecule has 1 aliphatic carbocycles. The lowest BCUT2D eigenvalue weighted by Crippen LogP contribution is -2.44. The zero-order valence-corrected chi connectivity index (χ0v) is 11.1. The van der Waals surface area contributed by atoms with Crippen LogP contribution in [0.5, 0.6) is 0 Å². The van der Waals surface area contributed by atoms with Gasteiger partial charge in [0.2, 0.25) is 5.91 Å². The van der Waals surface area contributed by atoms with Crippen molar-refractivity contribution >= 4 is 5.91 Å². The topological polar surface area (TPSA) is 32.3 Å². The van der Waals surface area contributed by atoms with Crippen LogP contribution in [-0.2, 0) is 11.3 Å². The van der Waals surface area contributed by atoms with E-state index in [0.29, 0.717) is 11.9 Å². The van der Waals surface area contributed by atoms with Crippen molar-refractivity contribution in [3.05, 3.63) is 35.4 Å². The molecule has 100 valence electrons. The lowest BCUT2D eigenvalue weighted by atomic mass is 9.89. The molecule has 3 nitrogen and oxygen atoms in total. The molecule has 2 fully saturated rings. The van der Waals surface area contributed by atoms with Crippen molar-refractivity contribution < 1.29 is 4.79 Å². The Labute approximate surface area is 114 Å². The molecule has 19 heavy (non-hydrogen) atoms. The van der Waals surface area contributed by atoms with Crippen LogP contribution >= 0.6 is 0 Å². The first kappa shape index (κ1) is 11.5. The maximum Gasteiger partial charge on any atom is 0.231 e. The van der Waals surface area contributed by atoms with Gasteiger partial charge in [-0.1, -0.05) is 24.3 Å². The molecule has 1 saturated carbocycles. The molecule has 4 rings (SSSR count). The van der Waals surface area contributed by atoms with Gasteiger partial charge in [-0.25, -0.2) is 0 Å². The van der Waals surface area contributed by atoms with E-state index in [1.54, 1.807) is 0 Å². The second kappa shape index (κ2) is 4.34. The Bertz CT molecular complexity index is 513. The molecule has 3 aliphatic rings. The summed E-state index contributed by atoms with van der Waals surface area (Å²) in [5.41, 5.74) is 2.53.